The molecule has 1 amide bonds. The number of hydrogen-bond acceptors (Lipinski definition) is 4. The third kappa shape index (κ3) is 3.79. The molecule has 0 saturated carbocycles. The molecule has 0 radical (unpaired) electrons. The average molecular weight is 298 g/mol. The van der Waals surface area contributed by atoms with E-state index < -0.39 is 11.4 Å². The normalized spacial score (nSPS) is 14.3. The van der Waals surface area contributed by atoms with Crippen molar-refractivity contribution in [2.24, 2.45) is 11.3 Å². The first kappa shape index (κ1) is 16.6. The number of aromatic nitrogens is 1. The first-order valence-corrected chi connectivity index (χ1v) is 7.53. The van der Waals surface area contributed by atoms with Gasteiger partial charge in [-0.2, -0.15) is 0 Å². The molecule has 112 valence electrons. The summed E-state index contributed by atoms with van der Waals surface area (Å²) in [7, 11) is 0. The van der Waals surface area contributed by atoms with E-state index in [0.717, 1.165) is 5.69 Å². The van der Waals surface area contributed by atoms with Gasteiger partial charge >= 0.3 is 5.97 Å². The van der Waals surface area contributed by atoms with Crippen LogP contribution >= 0.6 is 11.3 Å². The van der Waals surface area contributed by atoms with Crippen molar-refractivity contribution in [2.75, 3.05) is 5.32 Å². The molecule has 0 saturated heterocycles. The zero-order chi connectivity index (χ0) is 15.5. The van der Waals surface area contributed by atoms with Crippen LogP contribution in [-0.2, 0) is 9.59 Å². The predicted molar refractivity (Wildman–Crippen MR) is 80.0 cm³/mol. The third-order valence-electron chi connectivity index (χ3n) is 3.65. The standard InChI is InChI=1S/C14H22N2O3S/c1-8(2)10-7-20-13(15-10)16-11(17)6-14(5,9(3)4)12(18)19/h7-9H,6H2,1-5H3,(H,18,19)(H,15,16,17). The van der Waals surface area contributed by atoms with Gasteiger partial charge in [0, 0.05) is 11.8 Å². The van der Waals surface area contributed by atoms with E-state index in [9.17, 15) is 14.7 Å². The molecule has 1 atom stereocenters. The summed E-state index contributed by atoms with van der Waals surface area (Å²) in [4.78, 5) is 27.7. The lowest BCUT2D eigenvalue weighted by Crippen LogP contribution is -2.37. The minimum atomic E-state index is -1.07. The maximum absolute atomic E-state index is 12.0. The Bertz CT molecular complexity index is 496. The monoisotopic (exact) mass is 298 g/mol. The second-order valence-corrected chi connectivity index (χ2v) is 6.69. The second kappa shape index (κ2) is 6.35. The summed E-state index contributed by atoms with van der Waals surface area (Å²) >= 11 is 1.36. The van der Waals surface area contributed by atoms with Crippen molar-refractivity contribution < 1.29 is 14.7 Å². The fraction of sp³-hybridized carbons (Fsp3) is 0.643. The molecule has 0 bridgehead atoms. The lowest BCUT2D eigenvalue weighted by Gasteiger charge is -2.28. The number of carboxylic acid groups (broad SMARTS) is 1. The number of rotatable bonds is 6. The van der Waals surface area contributed by atoms with Crippen LogP contribution in [0.5, 0.6) is 0 Å². The van der Waals surface area contributed by atoms with E-state index >= 15 is 0 Å². The summed E-state index contributed by atoms with van der Waals surface area (Å²) in [5.41, 5.74) is -0.141. The third-order valence-corrected chi connectivity index (χ3v) is 4.43. The number of hydrogen-bond donors (Lipinski definition) is 2. The van der Waals surface area contributed by atoms with Crippen LogP contribution in [0.25, 0.3) is 0 Å². The number of amides is 1. The number of aliphatic carboxylic acids is 1. The minimum absolute atomic E-state index is 0.0589. The fourth-order valence-electron chi connectivity index (χ4n) is 1.63. The van der Waals surface area contributed by atoms with Gasteiger partial charge in [-0.25, -0.2) is 4.98 Å². The van der Waals surface area contributed by atoms with E-state index in [0.29, 0.717) is 11.0 Å². The summed E-state index contributed by atoms with van der Waals surface area (Å²) in [6.07, 6.45) is -0.0589. The van der Waals surface area contributed by atoms with E-state index in [-0.39, 0.29) is 18.2 Å². The quantitative estimate of drug-likeness (QED) is 0.844. The Hall–Kier alpha value is -1.43. The van der Waals surface area contributed by atoms with Crippen molar-refractivity contribution in [3.63, 3.8) is 0 Å². The van der Waals surface area contributed by atoms with Crippen molar-refractivity contribution in [1.29, 1.82) is 0 Å². The lowest BCUT2D eigenvalue weighted by molar-refractivity contribution is -0.153. The van der Waals surface area contributed by atoms with Gasteiger partial charge in [-0.05, 0) is 18.8 Å². The number of anilines is 1. The van der Waals surface area contributed by atoms with Gasteiger partial charge in [0.15, 0.2) is 5.13 Å². The van der Waals surface area contributed by atoms with Crippen molar-refractivity contribution in [3.8, 4) is 0 Å². The zero-order valence-corrected chi connectivity index (χ0v) is 13.4. The Morgan fingerprint density at radius 3 is 2.40 bits per heavy atom. The highest BCUT2D eigenvalue weighted by atomic mass is 32.1. The van der Waals surface area contributed by atoms with Crippen molar-refractivity contribution in [2.45, 2.75) is 47.0 Å². The van der Waals surface area contributed by atoms with E-state index in [4.69, 9.17) is 0 Å². The molecule has 1 aromatic heterocycles. The van der Waals surface area contributed by atoms with Crippen molar-refractivity contribution in [3.05, 3.63) is 11.1 Å². The number of nitrogens with one attached hydrogen (secondary N) is 1. The zero-order valence-electron chi connectivity index (χ0n) is 12.6. The lowest BCUT2D eigenvalue weighted by atomic mass is 9.76. The Balaban J connectivity index is 2.73. The van der Waals surface area contributed by atoms with E-state index in [2.05, 4.69) is 10.3 Å². The first-order valence-electron chi connectivity index (χ1n) is 6.65. The molecular formula is C14H22N2O3S. The molecule has 1 heterocycles. The summed E-state index contributed by atoms with van der Waals surface area (Å²) in [5.74, 6) is -1.09. The van der Waals surface area contributed by atoms with Gasteiger partial charge in [-0.3, -0.25) is 9.59 Å². The first-order chi connectivity index (χ1) is 9.16. The molecule has 2 N–H and O–H groups in total. The summed E-state index contributed by atoms with van der Waals surface area (Å²) in [6, 6.07) is 0. The summed E-state index contributed by atoms with van der Waals surface area (Å²) < 4.78 is 0. The SMILES string of the molecule is CC(C)c1csc(NC(=O)CC(C)(C(=O)O)C(C)C)n1. The maximum atomic E-state index is 12.0. The van der Waals surface area contributed by atoms with Crippen LogP contribution in [0.1, 0.15) is 52.7 Å². The summed E-state index contributed by atoms with van der Waals surface area (Å²) in [5, 5.41) is 14.4. The van der Waals surface area contributed by atoms with Crippen molar-refractivity contribution in [1.82, 2.24) is 4.98 Å². The van der Waals surface area contributed by atoms with Crippen LogP contribution in [0.2, 0.25) is 0 Å². The smallest absolute Gasteiger partial charge is 0.310 e. The Morgan fingerprint density at radius 2 is 2.00 bits per heavy atom. The Morgan fingerprint density at radius 1 is 1.40 bits per heavy atom. The van der Waals surface area contributed by atoms with E-state index in [1.54, 1.807) is 6.92 Å². The summed E-state index contributed by atoms with van der Waals surface area (Å²) in [6.45, 7) is 9.27. The largest absolute Gasteiger partial charge is 0.481 e. The van der Waals surface area contributed by atoms with Crippen LogP contribution in [-0.4, -0.2) is 22.0 Å². The number of carbonyl (C=O) groups is 2. The van der Waals surface area contributed by atoms with Crippen LogP contribution in [0.15, 0.2) is 5.38 Å². The predicted octanol–water partition coefficient (Wildman–Crippen LogP) is 3.34. The molecular weight excluding hydrogens is 276 g/mol. The molecule has 0 fully saturated rings. The van der Waals surface area contributed by atoms with Crippen molar-refractivity contribution >= 4 is 28.3 Å². The topological polar surface area (TPSA) is 79.3 Å². The highest BCUT2D eigenvalue weighted by Gasteiger charge is 2.38. The number of carbonyl (C=O) groups excluding carboxylic acids is 1. The maximum Gasteiger partial charge on any atom is 0.310 e. The van der Waals surface area contributed by atoms with Crippen LogP contribution in [0.4, 0.5) is 5.13 Å². The molecule has 0 aromatic carbocycles. The van der Waals surface area contributed by atoms with Gasteiger partial charge in [0.05, 0.1) is 11.1 Å². The van der Waals surface area contributed by atoms with Gasteiger partial charge in [0.25, 0.3) is 0 Å². The number of carboxylic acids is 1. The van der Waals surface area contributed by atoms with Gasteiger partial charge in [0.1, 0.15) is 0 Å². The number of nitrogens with zero attached hydrogens (tertiary/aromatic N) is 1. The molecule has 1 aromatic rings. The van der Waals surface area contributed by atoms with Gasteiger partial charge in [-0.1, -0.05) is 27.7 Å². The van der Waals surface area contributed by atoms with Crippen LogP contribution in [0.3, 0.4) is 0 Å². The molecule has 5 nitrogen and oxygen atoms in total. The fourth-order valence-corrected chi connectivity index (χ4v) is 2.52. The minimum Gasteiger partial charge on any atom is -0.481 e. The molecule has 0 aliphatic heterocycles. The highest BCUT2D eigenvalue weighted by molar-refractivity contribution is 7.13. The van der Waals surface area contributed by atoms with E-state index in [1.807, 2.05) is 33.1 Å². The van der Waals surface area contributed by atoms with Crippen LogP contribution < -0.4 is 5.32 Å². The molecule has 1 unspecified atom stereocenters. The molecule has 1 rings (SSSR count). The average Bonchev–Trinajstić information content (AvgIpc) is 2.76. The van der Waals surface area contributed by atoms with Gasteiger partial charge in [0.2, 0.25) is 5.91 Å². The molecule has 20 heavy (non-hydrogen) atoms. The molecule has 0 aliphatic carbocycles. The second-order valence-electron chi connectivity index (χ2n) is 5.83. The molecule has 6 heteroatoms. The highest BCUT2D eigenvalue weighted by Crippen LogP contribution is 2.32. The number of thiazole rings is 1. The molecule has 0 spiro atoms. The molecule has 0 aliphatic rings. The van der Waals surface area contributed by atoms with E-state index in [1.165, 1.54) is 11.3 Å². The van der Waals surface area contributed by atoms with Gasteiger partial charge < -0.3 is 10.4 Å². The Kier molecular flexibility index (Phi) is 5.28. The van der Waals surface area contributed by atoms with Gasteiger partial charge in [-0.15, -0.1) is 11.3 Å². The Labute approximate surface area is 123 Å². The van der Waals surface area contributed by atoms with Crippen LogP contribution in [0, 0.1) is 11.3 Å².